The summed E-state index contributed by atoms with van der Waals surface area (Å²) in [7, 11) is -3.77. The molecule has 4 aromatic rings. The summed E-state index contributed by atoms with van der Waals surface area (Å²) in [4.78, 5) is 0.323. The molecule has 5 heteroatoms. The van der Waals surface area contributed by atoms with E-state index in [1.165, 1.54) is 5.56 Å². The molecule has 1 unspecified atom stereocenters. The van der Waals surface area contributed by atoms with E-state index < -0.39 is 10.0 Å². The topological polar surface area (TPSA) is 59.3 Å². The summed E-state index contributed by atoms with van der Waals surface area (Å²) < 4.78 is 36.5. The molecule has 0 aliphatic heterocycles. The Morgan fingerprint density at radius 1 is 0.971 bits per heavy atom. The van der Waals surface area contributed by atoms with Crippen molar-refractivity contribution in [2.45, 2.75) is 72.1 Å². The van der Waals surface area contributed by atoms with Crippen molar-refractivity contribution in [3.8, 4) is 0 Å². The van der Waals surface area contributed by atoms with Crippen molar-refractivity contribution in [2.75, 3.05) is 4.72 Å². The second-order valence-electron chi connectivity index (χ2n) is 10.9. The van der Waals surface area contributed by atoms with E-state index in [2.05, 4.69) is 25.5 Å². The lowest BCUT2D eigenvalue weighted by molar-refractivity contribution is 0.179. The quantitative estimate of drug-likeness (QED) is 0.310. The Balaban J connectivity index is 1.67. The first kappa shape index (κ1) is 23.9. The molecule has 1 atom stereocenters. The number of sulfonamides is 1. The molecule has 5 rings (SSSR count). The van der Waals surface area contributed by atoms with Gasteiger partial charge in [-0.25, -0.2) is 8.42 Å². The molecule has 1 aliphatic rings. The molecule has 1 heterocycles. The zero-order valence-electron chi connectivity index (χ0n) is 21.6. The highest BCUT2D eigenvalue weighted by Gasteiger charge is 2.34. The maximum Gasteiger partial charge on any atom is 0.262 e. The van der Waals surface area contributed by atoms with Gasteiger partial charge in [0, 0.05) is 28.1 Å². The Bertz CT molecular complexity index is 1560. The van der Waals surface area contributed by atoms with Gasteiger partial charge in [-0.05, 0) is 73.8 Å². The molecular formula is C30H35NO3S. The van der Waals surface area contributed by atoms with Gasteiger partial charge in [0.15, 0.2) is 0 Å². The molecule has 1 aliphatic carbocycles. The monoisotopic (exact) mass is 489 g/mol. The lowest BCUT2D eigenvalue weighted by atomic mass is 9.69. The van der Waals surface area contributed by atoms with Gasteiger partial charge in [-0.2, -0.15) is 0 Å². The van der Waals surface area contributed by atoms with Crippen LogP contribution in [-0.2, 0) is 22.9 Å². The fourth-order valence-electron chi connectivity index (χ4n) is 5.56. The van der Waals surface area contributed by atoms with Crippen LogP contribution in [0.2, 0.25) is 0 Å². The number of fused-ring (bicyclic) bond motifs is 5. The molecule has 0 spiro atoms. The number of hydrogen-bond acceptors (Lipinski definition) is 3. The molecule has 1 N–H and O–H groups in total. The molecule has 0 saturated heterocycles. The van der Waals surface area contributed by atoms with Crippen molar-refractivity contribution in [3.63, 3.8) is 0 Å². The summed E-state index contributed by atoms with van der Waals surface area (Å²) in [6.45, 7) is 12.8. The molecule has 0 bridgehead atoms. The largest absolute Gasteiger partial charge is 0.460 e. The van der Waals surface area contributed by atoms with Crippen molar-refractivity contribution < 1.29 is 12.8 Å². The molecule has 0 saturated carbocycles. The number of rotatable bonds is 5. The van der Waals surface area contributed by atoms with E-state index in [1.54, 1.807) is 6.07 Å². The van der Waals surface area contributed by atoms with Crippen LogP contribution >= 0.6 is 0 Å². The zero-order chi connectivity index (χ0) is 25.1. The van der Waals surface area contributed by atoms with Crippen LogP contribution in [0, 0.1) is 32.1 Å². The Hall–Kier alpha value is -2.79. The Labute approximate surface area is 208 Å². The third-order valence-corrected chi connectivity index (χ3v) is 9.90. The second kappa shape index (κ2) is 8.41. The number of aryl methyl sites for hydroxylation is 4. The van der Waals surface area contributed by atoms with Gasteiger partial charge >= 0.3 is 0 Å². The average molecular weight is 490 g/mol. The number of hydrogen-bond donors (Lipinski definition) is 1. The number of anilines is 1. The molecule has 1 aromatic heterocycles. The molecule has 3 aromatic carbocycles. The fourth-order valence-corrected chi connectivity index (χ4v) is 6.94. The van der Waals surface area contributed by atoms with E-state index in [0.29, 0.717) is 16.5 Å². The van der Waals surface area contributed by atoms with E-state index in [0.717, 1.165) is 69.9 Å². The van der Waals surface area contributed by atoms with Crippen molar-refractivity contribution in [1.29, 1.82) is 0 Å². The molecule has 0 radical (unpaired) electrons. The predicted octanol–water partition coefficient (Wildman–Crippen LogP) is 7.85. The molecule has 0 amide bonds. The molecular weight excluding hydrogens is 454 g/mol. The standard InChI is InChI=1S/C30H35NO3S/c1-7-30(5,6)21-12-13-27-24(16-21)25-17-26(22-10-8-9-11-23(22)29(25)34-27)31-35(32,33)28-15-19(3)18(2)14-20(28)4/h8-11,14-15,17,21,31H,7,12-13,16H2,1-6H3. The zero-order valence-corrected chi connectivity index (χ0v) is 22.4. The SMILES string of the molecule is CCC(C)(C)C1CCc2oc3c(cc(NS(=O)(=O)c4cc(C)c(C)cc4C)c4ccccc43)c2C1. The van der Waals surface area contributed by atoms with Crippen molar-refractivity contribution >= 4 is 37.5 Å². The minimum Gasteiger partial charge on any atom is -0.460 e. The summed E-state index contributed by atoms with van der Waals surface area (Å²) in [5.41, 5.74) is 5.76. The average Bonchev–Trinajstić information content (AvgIpc) is 3.19. The highest BCUT2D eigenvalue weighted by atomic mass is 32.2. The predicted molar refractivity (Wildman–Crippen MR) is 145 cm³/mol. The third-order valence-electron chi connectivity index (χ3n) is 8.39. The van der Waals surface area contributed by atoms with Gasteiger partial charge in [-0.1, -0.05) is 57.5 Å². The van der Waals surface area contributed by atoms with Gasteiger partial charge in [0.2, 0.25) is 0 Å². The number of benzene rings is 3. The summed E-state index contributed by atoms with van der Waals surface area (Å²) in [6, 6.07) is 13.6. The molecule has 35 heavy (non-hydrogen) atoms. The Morgan fingerprint density at radius 3 is 2.37 bits per heavy atom. The number of nitrogens with one attached hydrogen (secondary N) is 1. The Morgan fingerprint density at radius 2 is 1.66 bits per heavy atom. The summed E-state index contributed by atoms with van der Waals surface area (Å²) in [5, 5.41) is 2.83. The minimum absolute atomic E-state index is 0.253. The Kier molecular flexibility index (Phi) is 5.75. The van der Waals surface area contributed by atoms with E-state index in [-0.39, 0.29) is 5.41 Å². The van der Waals surface area contributed by atoms with Crippen LogP contribution in [-0.4, -0.2) is 8.42 Å². The maximum absolute atomic E-state index is 13.6. The van der Waals surface area contributed by atoms with Crippen LogP contribution in [0.4, 0.5) is 5.69 Å². The van der Waals surface area contributed by atoms with Gasteiger partial charge < -0.3 is 4.42 Å². The summed E-state index contributed by atoms with van der Waals surface area (Å²) >= 11 is 0. The summed E-state index contributed by atoms with van der Waals surface area (Å²) in [6.07, 6.45) is 4.14. The summed E-state index contributed by atoms with van der Waals surface area (Å²) in [5.74, 6) is 1.63. The van der Waals surface area contributed by atoms with Gasteiger partial charge in [-0.15, -0.1) is 0 Å². The second-order valence-corrected chi connectivity index (χ2v) is 12.6. The van der Waals surface area contributed by atoms with E-state index in [4.69, 9.17) is 4.42 Å². The van der Waals surface area contributed by atoms with Crippen molar-refractivity contribution in [2.24, 2.45) is 11.3 Å². The molecule has 4 nitrogen and oxygen atoms in total. The van der Waals surface area contributed by atoms with Gasteiger partial charge in [0.05, 0.1) is 10.6 Å². The lowest BCUT2D eigenvalue weighted by Crippen LogP contribution is -2.28. The van der Waals surface area contributed by atoms with E-state index in [9.17, 15) is 8.42 Å². The minimum atomic E-state index is -3.77. The van der Waals surface area contributed by atoms with Crippen LogP contribution in [0.15, 0.2) is 51.8 Å². The van der Waals surface area contributed by atoms with Crippen LogP contribution in [0.1, 0.15) is 61.6 Å². The van der Waals surface area contributed by atoms with Crippen LogP contribution in [0.25, 0.3) is 21.7 Å². The van der Waals surface area contributed by atoms with E-state index >= 15 is 0 Å². The van der Waals surface area contributed by atoms with Crippen LogP contribution in [0.5, 0.6) is 0 Å². The first-order chi connectivity index (χ1) is 16.5. The van der Waals surface area contributed by atoms with Crippen molar-refractivity contribution in [1.82, 2.24) is 0 Å². The first-order valence-corrected chi connectivity index (χ1v) is 14.1. The fraction of sp³-hybridized carbons (Fsp3) is 0.400. The van der Waals surface area contributed by atoms with Gasteiger partial charge in [-0.3, -0.25) is 4.72 Å². The van der Waals surface area contributed by atoms with Gasteiger partial charge in [0.25, 0.3) is 10.0 Å². The van der Waals surface area contributed by atoms with Crippen molar-refractivity contribution in [3.05, 3.63) is 70.5 Å². The first-order valence-electron chi connectivity index (χ1n) is 12.6. The highest BCUT2D eigenvalue weighted by Crippen LogP contribution is 2.45. The molecule has 0 fully saturated rings. The normalized spacial score (nSPS) is 16.6. The molecule has 184 valence electrons. The van der Waals surface area contributed by atoms with E-state index in [1.807, 2.05) is 57.2 Å². The smallest absolute Gasteiger partial charge is 0.262 e. The third kappa shape index (κ3) is 4.04. The van der Waals surface area contributed by atoms with Gasteiger partial charge in [0.1, 0.15) is 11.3 Å². The van der Waals surface area contributed by atoms with Crippen LogP contribution in [0.3, 0.4) is 0 Å². The number of furan rings is 1. The highest BCUT2D eigenvalue weighted by molar-refractivity contribution is 7.92. The van der Waals surface area contributed by atoms with Crippen LogP contribution < -0.4 is 4.72 Å². The lowest BCUT2D eigenvalue weighted by Gasteiger charge is -2.36. The maximum atomic E-state index is 13.6.